The number of rotatable bonds is 4. The second kappa shape index (κ2) is 5.82. The van der Waals surface area contributed by atoms with Crippen LogP contribution in [0.3, 0.4) is 0 Å². The lowest BCUT2D eigenvalue weighted by atomic mass is 10.2. The van der Waals surface area contributed by atoms with Gasteiger partial charge in [-0.1, -0.05) is 18.2 Å². The Morgan fingerprint density at radius 1 is 1.28 bits per heavy atom. The molecule has 0 aliphatic rings. The van der Waals surface area contributed by atoms with Crippen LogP contribution in [0.25, 0.3) is 0 Å². The number of carbonyl (C=O) groups excluding carboxylic acids is 1. The van der Waals surface area contributed by atoms with Crippen molar-refractivity contribution in [2.75, 3.05) is 11.9 Å². The highest BCUT2D eigenvalue weighted by atomic mass is 16.5. The molecule has 0 spiro atoms. The number of aromatic nitrogens is 1. The maximum atomic E-state index is 11.6. The number of aryl methyl sites for hydroxylation is 1. The Morgan fingerprint density at radius 3 is 2.89 bits per heavy atom. The van der Waals surface area contributed by atoms with Crippen LogP contribution in [-0.4, -0.2) is 17.5 Å². The number of ether oxygens (including phenoxy) is 1. The number of nitrogens with one attached hydrogen (secondary N) is 1. The van der Waals surface area contributed by atoms with E-state index in [0.29, 0.717) is 5.88 Å². The highest BCUT2D eigenvalue weighted by molar-refractivity contribution is 5.91. The summed E-state index contributed by atoms with van der Waals surface area (Å²) in [4.78, 5) is 15.6. The first kappa shape index (κ1) is 12.1. The van der Waals surface area contributed by atoms with Gasteiger partial charge in [-0.3, -0.25) is 4.79 Å². The minimum Gasteiger partial charge on any atom is -0.468 e. The van der Waals surface area contributed by atoms with Crippen LogP contribution in [0.1, 0.15) is 5.56 Å². The van der Waals surface area contributed by atoms with Crippen molar-refractivity contribution in [1.29, 1.82) is 0 Å². The third kappa shape index (κ3) is 3.59. The summed E-state index contributed by atoms with van der Waals surface area (Å²) >= 11 is 0. The Bertz CT molecular complexity index is 526. The van der Waals surface area contributed by atoms with Crippen LogP contribution in [0.15, 0.2) is 48.7 Å². The molecule has 1 aromatic carbocycles. The van der Waals surface area contributed by atoms with E-state index in [-0.39, 0.29) is 12.5 Å². The molecule has 4 heteroatoms. The van der Waals surface area contributed by atoms with E-state index in [9.17, 15) is 4.79 Å². The molecule has 92 valence electrons. The van der Waals surface area contributed by atoms with Crippen LogP contribution >= 0.6 is 0 Å². The number of hydrogen-bond donors (Lipinski definition) is 1. The van der Waals surface area contributed by atoms with Gasteiger partial charge in [0.25, 0.3) is 5.91 Å². The van der Waals surface area contributed by atoms with Crippen molar-refractivity contribution >= 4 is 11.6 Å². The van der Waals surface area contributed by atoms with Crippen LogP contribution < -0.4 is 10.1 Å². The molecule has 1 amide bonds. The first-order valence-electron chi connectivity index (χ1n) is 5.64. The summed E-state index contributed by atoms with van der Waals surface area (Å²) in [5.41, 5.74) is 1.86. The number of amides is 1. The third-order valence-corrected chi connectivity index (χ3v) is 2.29. The van der Waals surface area contributed by atoms with Crippen molar-refractivity contribution in [2.24, 2.45) is 0 Å². The first-order chi connectivity index (χ1) is 8.74. The zero-order valence-corrected chi connectivity index (χ0v) is 10.1. The van der Waals surface area contributed by atoms with Gasteiger partial charge in [-0.15, -0.1) is 0 Å². The number of benzene rings is 1. The fourth-order valence-corrected chi connectivity index (χ4v) is 1.49. The normalized spacial score (nSPS) is 9.83. The van der Waals surface area contributed by atoms with E-state index < -0.39 is 0 Å². The molecule has 18 heavy (non-hydrogen) atoms. The molecule has 0 unspecified atom stereocenters. The minimum absolute atomic E-state index is 0.0506. The summed E-state index contributed by atoms with van der Waals surface area (Å²) in [5.74, 6) is 0.239. The summed E-state index contributed by atoms with van der Waals surface area (Å²) in [6, 6.07) is 12.9. The van der Waals surface area contributed by atoms with Gasteiger partial charge in [-0.25, -0.2) is 4.98 Å². The van der Waals surface area contributed by atoms with Crippen molar-refractivity contribution in [3.8, 4) is 5.88 Å². The monoisotopic (exact) mass is 242 g/mol. The van der Waals surface area contributed by atoms with E-state index in [1.165, 1.54) is 0 Å². The third-order valence-electron chi connectivity index (χ3n) is 2.29. The summed E-state index contributed by atoms with van der Waals surface area (Å²) in [6.07, 6.45) is 1.62. The van der Waals surface area contributed by atoms with Crippen LogP contribution in [0.5, 0.6) is 5.88 Å². The van der Waals surface area contributed by atoms with Crippen LogP contribution in [-0.2, 0) is 4.79 Å². The maximum Gasteiger partial charge on any atom is 0.262 e. The van der Waals surface area contributed by atoms with Crippen molar-refractivity contribution in [3.63, 3.8) is 0 Å². The fraction of sp³-hybridized carbons (Fsp3) is 0.143. The van der Waals surface area contributed by atoms with Gasteiger partial charge in [-0.05, 0) is 30.7 Å². The Hall–Kier alpha value is -2.36. The molecule has 0 fully saturated rings. The molecule has 0 bridgehead atoms. The molecule has 0 atom stereocenters. The lowest BCUT2D eigenvalue weighted by Gasteiger charge is -2.07. The highest BCUT2D eigenvalue weighted by Gasteiger charge is 2.03. The van der Waals surface area contributed by atoms with Gasteiger partial charge in [0.15, 0.2) is 6.61 Å². The number of carbonyl (C=O) groups is 1. The van der Waals surface area contributed by atoms with Crippen LogP contribution in [0.2, 0.25) is 0 Å². The lowest BCUT2D eigenvalue weighted by Crippen LogP contribution is -2.20. The molecule has 2 rings (SSSR count). The van der Waals surface area contributed by atoms with Crippen molar-refractivity contribution in [1.82, 2.24) is 4.98 Å². The second-order valence-corrected chi connectivity index (χ2v) is 3.87. The molecule has 0 aliphatic carbocycles. The number of anilines is 1. The standard InChI is InChI=1S/C14H14N2O2/c1-11-5-4-6-12(9-11)16-13(17)10-18-14-7-2-3-8-15-14/h2-9H,10H2,1H3,(H,16,17). The average Bonchev–Trinajstić information content (AvgIpc) is 2.38. The Morgan fingerprint density at radius 2 is 2.17 bits per heavy atom. The lowest BCUT2D eigenvalue weighted by molar-refractivity contribution is -0.118. The zero-order valence-electron chi connectivity index (χ0n) is 10.1. The largest absolute Gasteiger partial charge is 0.468 e. The number of pyridine rings is 1. The van der Waals surface area contributed by atoms with E-state index >= 15 is 0 Å². The van der Waals surface area contributed by atoms with Gasteiger partial charge >= 0.3 is 0 Å². The molecule has 0 radical (unpaired) electrons. The van der Waals surface area contributed by atoms with Crippen LogP contribution in [0.4, 0.5) is 5.69 Å². The van der Waals surface area contributed by atoms with E-state index in [1.54, 1.807) is 24.4 Å². The van der Waals surface area contributed by atoms with Crippen molar-refractivity contribution < 1.29 is 9.53 Å². The average molecular weight is 242 g/mol. The van der Waals surface area contributed by atoms with Gasteiger partial charge in [0, 0.05) is 18.0 Å². The van der Waals surface area contributed by atoms with Gasteiger partial charge in [0.2, 0.25) is 5.88 Å². The molecule has 0 aliphatic heterocycles. The Labute approximate surface area is 106 Å². The quantitative estimate of drug-likeness (QED) is 0.895. The molecule has 0 saturated carbocycles. The van der Waals surface area contributed by atoms with E-state index in [4.69, 9.17) is 4.74 Å². The van der Waals surface area contributed by atoms with Gasteiger partial charge < -0.3 is 10.1 Å². The molecular weight excluding hydrogens is 228 g/mol. The summed E-state index contributed by atoms with van der Waals surface area (Å²) in [5, 5.41) is 2.76. The molecular formula is C14H14N2O2. The SMILES string of the molecule is Cc1cccc(NC(=O)COc2ccccn2)c1. The second-order valence-electron chi connectivity index (χ2n) is 3.87. The number of nitrogens with zero attached hydrogens (tertiary/aromatic N) is 1. The molecule has 4 nitrogen and oxygen atoms in total. The topological polar surface area (TPSA) is 51.2 Å². The Balaban J connectivity index is 1.86. The summed E-state index contributed by atoms with van der Waals surface area (Å²) < 4.78 is 5.25. The number of hydrogen-bond acceptors (Lipinski definition) is 3. The smallest absolute Gasteiger partial charge is 0.262 e. The van der Waals surface area contributed by atoms with Gasteiger partial charge in [0.05, 0.1) is 0 Å². The van der Waals surface area contributed by atoms with E-state index in [0.717, 1.165) is 11.3 Å². The molecule has 1 heterocycles. The maximum absolute atomic E-state index is 11.6. The summed E-state index contributed by atoms with van der Waals surface area (Å²) in [6.45, 7) is 1.92. The minimum atomic E-state index is -0.203. The van der Waals surface area contributed by atoms with Gasteiger partial charge in [-0.2, -0.15) is 0 Å². The predicted octanol–water partition coefficient (Wildman–Crippen LogP) is 2.41. The van der Waals surface area contributed by atoms with E-state index in [2.05, 4.69) is 10.3 Å². The predicted molar refractivity (Wildman–Crippen MR) is 69.5 cm³/mol. The molecule has 1 aromatic heterocycles. The molecule has 2 aromatic rings. The first-order valence-corrected chi connectivity index (χ1v) is 5.64. The fourth-order valence-electron chi connectivity index (χ4n) is 1.49. The van der Waals surface area contributed by atoms with Crippen molar-refractivity contribution in [3.05, 3.63) is 54.2 Å². The molecule has 1 N–H and O–H groups in total. The zero-order chi connectivity index (χ0) is 12.8. The van der Waals surface area contributed by atoms with Crippen molar-refractivity contribution in [2.45, 2.75) is 6.92 Å². The highest BCUT2D eigenvalue weighted by Crippen LogP contribution is 2.09. The van der Waals surface area contributed by atoms with Gasteiger partial charge in [0.1, 0.15) is 0 Å². The molecule has 0 saturated heterocycles. The Kier molecular flexibility index (Phi) is 3.91. The van der Waals surface area contributed by atoms with Crippen LogP contribution in [0, 0.1) is 6.92 Å². The summed E-state index contributed by atoms with van der Waals surface area (Å²) in [7, 11) is 0. The van der Waals surface area contributed by atoms with E-state index in [1.807, 2.05) is 31.2 Å².